The molecular weight excluding hydrogens is 376 g/mol. The van der Waals surface area contributed by atoms with E-state index in [0.717, 1.165) is 16.9 Å². The van der Waals surface area contributed by atoms with Crippen LogP contribution in [0.15, 0.2) is 34.5 Å². The average Bonchev–Trinajstić information content (AvgIpc) is 3.14. The van der Waals surface area contributed by atoms with E-state index in [1.165, 1.54) is 18.4 Å². The van der Waals surface area contributed by atoms with Crippen LogP contribution in [0.1, 0.15) is 17.4 Å². The minimum Gasteiger partial charge on any atom is -0.493 e. The van der Waals surface area contributed by atoms with Crippen molar-refractivity contribution in [1.29, 1.82) is 0 Å². The molecule has 1 aromatic carbocycles. The Morgan fingerprint density at radius 3 is 2.46 bits per heavy atom. The van der Waals surface area contributed by atoms with E-state index in [1.54, 1.807) is 37.4 Å². The summed E-state index contributed by atoms with van der Waals surface area (Å²) in [5.74, 6) is 0.734. The van der Waals surface area contributed by atoms with Gasteiger partial charge in [0, 0.05) is 11.4 Å². The highest BCUT2D eigenvalue weighted by molar-refractivity contribution is 7.91. The van der Waals surface area contributed by atoms with E-state index in [4.69, 9.17) is 9.47 Å². The van der Waals surface area contributed by atoms with Gasteiger partial charge in [0.25, 0.3) is 10.0 Å². The van der Waals surface area contributed by atoms with Gasteiger partial charge in [0.15, 0.2) is 11.5 Å². The van der Waals surface area contributed by atoms with Gasteiger partial charge in [-0.3, -0.25) is 4.79 Å². The van der Waals surface area contributed by atoms with E-state index in [1.807, 2.05) is 6.92 Å². The van der Waals surface area contributed by atoms with E-state index in [2.05, 4.69) is 10.0 Å². The molecule has 0 bridgehead atoms. The molecule has 1 heterocycles. The third-order valence-corrected chi connectivity index (χ3v) is 6.73. The molecule has 2 rings (SSSR count). The summed E-state index contributed by atoms with van der Waals surface area (Å²) in [6, 6.07) is 8.61. The molecule has 0 radical (unpaired) electrons. The van der Waals surface area contributed by atoms with Crippen molar-refractivity contribution < 1.29 is 22.7 Å². The van der Waals surface area contributed by atoms with Gasteiger partial charge in [0.2, 0.25) is 5.91 Å². The molecular formula is C17H22N2O5S2. The lowest BCUT2D eigenvalue weighted by Gasteiger charge is -2.10. The molecule has 0 saturated carbocycles. The first-order chi connectivity index (χ1) is 12.4. The molecule has 2 N–H and O–H groups in total. The second kappa shape index (κ2) is 9.02. The van der Waals surface area contributed by atoms with Crippen molar-refractivity contribution in [3.63, 3.8) is 0 Å². The summed E-state index contributed by atoms with van der Waals surface area (Å²) in [5, 5.41) is 2.67. The number of carbonyl (C=O) groups excluding carboxylic acids is 1. The SMILES string of the molecule is CCc1ccc(S(=O)(=O)NCC(=O)NCc2ccc(OC)c(OC)c2)s1. The van der Waals surface area contributed by atoms with Crippen LogP contribution in [0.3, 0.4) is 0 Å². The van der Waals surface area contributed by atoms with Gasteiger partial charge in [-0.15, -0.1) is 11.3 Å². The molecule has 0 saturated heterocycles. The summed E-state index contributed by atoms with van der Waals surface area (Å²) < 4.78 is 37.3. The monoisotopic (exact) mass is 398 g/mol. The molecule has 142 valence electrons. The first-order valence-corrected chi connectivity index (χ1v) is 10.3. The largest absolute Gasteiger partial charge is 0.493 e. The summed E-state index contributed by atoms with van der Waals surface area (Å²) >= 11 is 1.20. The van der Waals surface area contributed by atoms with E-state index in [9.17, 15) is 13.2 Å². The Balaban J connectivity index is 1.89. The number of aryl methyl sites for hydroxylation is 1. The fraction of sp³-hybridized carbons (Fsp3) is 0.353. The number of amides is 1. The highest BCUT2D eigenvalue weighted by atomic mass is 32.2. The molecule has 0 unspecified atom stereocenters. The van der Waals surface area contributed by atoms with Gasteiger partial charge in [-0.25, -0.2) is 13.1 Å². The van der Waals surface area contributed by atoms with Gasteiger partial charge in [-0.1, -0.05) is 13.0 Å². The van der Waals surface area contributed by atoms with Gasteiger partial charge in [0.1, 0.15) is 4.21 Å². The quantitative estimate of drug-likeness (QED) is 0.673. The van der Waals surface area contributed by atoms with Crippen molar-refractivity contribution in [3.05, 3.63) is 40.8 Å². The number of sulfonamides is 1. The number of hydrogen-bond donors (Lipinski definition) is 2. The normalized spacial score (nSPS) is 11.2. The fourth-order valence-corrected chi connectivity index (χ4v) is 4.50. The Morgan fingerprint density at radius 1 is 1.12 bits per heavy atom. The molecule has 0 fully saturated rings. The van der Waals surface area contributed by atoms with Crippen LogP contribution in [0, 0.1) is 0 Å². The molecule has 0 aliphatic carbocycles. The van der Waals surface area contributed by atoms with Crippen LogP contribution >= 0.6 is 11.3 Å². The van der Waals surface area contributed by atoms with Crippen LogP contribution in [0.25, 0.3) is 0 Å². The van der Waals surface area contributed by atoms with Crippen LogP contribution in [-0.4, -0.2) is 35.1 Å². The molecule has 0 aliphatic heterocycles. The first-order valence-electron chi connectivity index (χ1n) is 7.95. The summed E-state index contributed by atoms with van der Waals surface area (Å²) in [7, 11) is -0.601. The predicted octanol–water partition coefficient (Wildman–Crippen LogP) is 1.92. The number of nitrogens with one attached hydrogen (secondary N) is 2. The summed E-state index contributed by atoms with van der Waals surface area (Å²) in [6.07, 6.45) is 0.770. The highest BCUT2D eigenvalue weighted by Gasteiger charge is 2.17. The molecule has 26 heavy (non-hydrogen) atoms. The van der Waals surface area contributed by atoms with Crippen molar-refractivity contribution in [2.75, 3.05) is 20.8 Å². The number of carbonyl (C=O) groups is 1. The number of hydrogen-bond acceptors (Lipinski definition) is 6. The van der Waals surface area contributed by atoms with Crippen LogP contribution in [0.4, 0.5) is 0 Å². The van der Waals surface area contributed by atoms with Crippen LogP contribution < -0.4 is 19.5 Å². The minimum atomic E-state index is -3.68. The zero-order chi connectivity index (χ0) is 19.2. The Bertz CT molecular complexity index is 862. The lowest BCUT2D eigenvalue weighted by Crippen LogP contribution is -2.36. The maximum absolute atomic E-state index is 12.2. The topological polar surface area (TPSA) is 93.7 Å². The third-order valence-electron chi connectivity index (χ3n) is 3.61. The Hall–Kier alpha value is -2.10. The first kappa shape index (κ1) is 20.2. The summed E-state index contributed by atoms with van der Waals surface area (Å²) in [6.45, 7) is 1.88. The van der Waals surface area contributed by atoms with E-state index >= 15 is 0 Å². The van der Waals surface area contributed by atoms with Crippen molar-refractivity contribution in [2.45, 2.75) is 24.1 Å². The van der Waals surface area contributed by atoms with Crippen LogP contribution in [0.5, 0.6) is 11.5 Å². The van der Waals surface area contributed by atoms with Gasteiger partial charge >= 0.3 is 0 Å². The lowest BCUT2D eigenvalue weighted by atomic mass is 10.2. The smallest absolute Gasteiger partial charge is 0.250 e. The Labute approximate surface area is 157 Å². The van der Waals surface area contributed by atoms with E-state index < -0.39 is 15.9 Å². The number of methoxy groups -OCH3 is 2. The lowest BCUT2D eigenvalue weighted by molar-refractivity contribution is -0.120. The number of thiophene rings is 1. The fourth-order valence-electron chi connectivity index (χ4n) is 2.18. The van der Waals surface area contributed by atoms with Crippen molar-refractivity contribution in [1.82, 2.24) is 10.0 Å². The molecule has 9 heteroatoms. The zero-order valence-corrected chi connectivity index (χ0v) is 16.5. The summed E-state index contributed by atoms with van der Waals surface area (Å²) in [5.41, 5.74) is 0.810. The maximum Gasteiger partial charge on any atom is 0.250 e. The molecule has 0 atom stereocenters. The van der Waals surface area contributed by atoms with E-state index in [-0.39, 0.29) is 17.3 Å². The number of ether oxygens (including phenoxy) is 2. The maximum atomic E-state index is 12.2. The molecule has 0 aliphatic rings. The number of rotatable bonds is 9. The van der Waals surface area contributed by atoms with Crippen molar-refractivity contribution in [2.24, 2.45) is 0 Å². The number of benzene rings is 1. The minimum absolute atomic E-state index is 0.210. The van der Waals surface area contributed by atoms with Crippen molar-refractivity contribution >= 4 is 27.3 Å². The predicted molar refractivity (Wildman–Crippen MR) is 100 cm³/mol. The Kier molecular flexibility index (Phi) is 7.01. The molecule has 1 amide bonds. The highest BCUT2D eigenvalue weighted by Crippen LogP contribution is 2.27. The van der Waals surface area contributed by atoms with E-state index in [0.29, 0.717) is 11.5 Å². The molecule has 0 spiro atoms. The molecule has 2 aromatic rings. The second-order valence-corrected chi connectivity index (χ2v) is 8.53. The van der Waals surface area contributed by atoms with Gasteiger partial charge < -0.3 is 14.8 Å². The summed E-state index contributed by atoms with van der Waals surface area (Å²) in [4.78, 5) is 12.9. The molecule has 7 nitrogen and oxygen atoms in total. The molecule has 1 aromatic heterocycles. The average molecular weight is 399 g/mol. The van der Waals surface area contributed by atoms with Crippen LogP contribution in [-0.2, 0) is 27.8 Å². The van der Waals surface area contributed by atoms with Gasteiger partial charge in [0.05, 0.1) is 20.8 Å². The zero-order valence-electron chi connectivity index (χ0n) is 14.9. The Morgan fingerprint density at radius 2 is 1.85 bits per heavy atom. The van der Waals surface area contributed by atoms with Gasteiger partial charge in [-0.2, -0.15) is 0 Å². The second-order valence-electron chi connectivity index (χ2n) is 5.36. The van der Waals surface area contributed by atoms with Gasteiger partial charge in [-0.05, 0) is 36.2 Å². The standard InChI is InChI=1S/C17H22N2O5S2/c1-4-13-6-8-17(25-13)26(21,22)19-11-16(20)18-10-12-5-7-14(23-2)15(9-12)24-3/h5-9,19H,4,10-11H2,1-3H3,(H,18,20). The third kappa shape index (κ3) is 5.20. The van der Waals surface area contributed by atoms with Crippen LogP contribution in [0.2, 0.25) is 0 Å². The van der Waals surface area contributed by atoms with Crippen molar-refractivity contribution in [3.8, 4) is 11.5 Å².